The van der Waals surface area contributed by atoms with E-state index in [-0.39, 0.29) is 23.4 Å². The molecule has 3 aromatic heterocycles. The number of sulfonamides is 1. The molecular formula is C14H14FN7O5S. The maximum atomic E-state index is 14.2. The van der Waals surface area contributed by atoms with Crippen LogP contribution in [0.2, 0.25) is 0 Å². The fourth-order valence-corrected chi connectivity index (χ4v) is 3.22. The molecule has 0 unspecified atom stereocenters. The minimum Gasteiger partial charge on any atom is -0.481 e. The maximum Gasteiger partial charge on any atom is 0.335 e. The predicted octanol–water partition coefficient (Wildman–Crippen LogP) is 0.494. The summed E-state index contributed by atoms with van der Waals surface area (Å²) >= 11 is 0. The van der Waals surface area contributed by atoms with E-state index < -0.39 is 27.0 Å². The number of rotatable bonds is 5. The normalized spacial score (nSPS) is 11.3. The van der Waals surface area contributed by atoms with E-state index in [1.165, 1.54) is 32.4 Å². The Morgan fingerprint density at radius 2 is 1.86 bits per heavy atom. The van der Waals surface area contributed by atoms with Crippen LogP contribution in [0.5, 0.6) is 11.8 Å². The SMILES string of the molecule is COc1cc(C)nc(NC(=O)NS(=O)(=O)c2c(F)nc3ccc(OC)nn23)n1. The summed E-state index contributed by atoms with van der Waals surface area (Å²) in [5.41, 5.74) is 0.375. The first-order valence-corrected chi connectivity index (χ1v) is 9.04. The highest BCUT2D eigenvalue weighted by molar-refractivity contribution is 7.90. The highest BCUT2D eigenvalue weighted by Crippen LogP contribution is 2.18. The molecule has 148 valence electrons. The summed E-state index contributed by atoms with van der Waals surface area (Å²) in [5.74, 6) is -1.36. The van der Waals surface area contributed by atoms with E-state index in [9.17, 15) is 17.6 Å². The van der Waals surface area contributed by atoms with Crippen LogP contribution in [-0.4, -0.2) is 53.2 Å². The number of hydrogen-bond donors (Lipinski definition) is 2. The zero-order valence-electron chi connectivity index (χ0n) is 14.8. The molecule has 3 heterocycles. The van der Waals surface area contributed by atoms with E-state index in [0.29, 0.717) is 10.2 Å². The predicted molar refractivity (Wildman–Crippen MR) is 92.2 cm³/mol. The molecule has 0 bridgehead atoms. The molecule has 0 aliphatic heterocycles. The number of aryl methyl sites for hydroxylation is 1. The molecule has 0 spiro atoms. The van der Waals surface area contributed by atoms with Crippen molar-refractivity contribution in [3.05, 3.63) is 29.8 Å². The highest BCUT2D eigenvalue weighted by Gasteiger charge is 2.29. The van der Waals surface area contributed by atoms with Crippen LogP contribution in [0.15, 0.2) is 23.2 Å². The Labute approximate surface area is 157 Å². The largest absolute Gasteiger partial charge is 0.481 e. The topological polar surface area (TPSA) is 150 Å². The van der Waals surface area contributed by atoms with E-state index in [0.717, 1.165) is 0 Å². The number of anilines is 1. The zero-order valence-corrected chi connectivity index (χ0v) is 15.6. The molecule has 14 heteroatoms. The summed E-state index contributed by atoms with van der Waals surface area (Å²) in [6.07, 6.45) is 0. The highest BCUT2D eigenvalue weighted by atomic mass is 32.2. The Morgan fingerprint density at radius 1 is 1.14 bits per heavy atom. The van der Waals surface area contributed by atoms with Gasteiger partial charge in [0.2, 0.25) is 22.7 Å². The Bertz CT molecular complexity index is 1160. The van der Waals surface area contributed by atoms with Gasteiger partial charge in [0.05, 0.1) is 14.2 Å². The molecule has 2 N–H and O–H groups in total. The van der Waals surface area contributed by atoms with Crippen LogP contribution in [0.25, 0.3) is 5.65 Å². The van der Waals surface area contributed by atoms with Gasteiger partial charge in [-0.25, -0.2) is 14.5 Å². The number of aromatic nitrogens is 5. The number of carbonyl (C=O) groups excluding carboxylic acids is 1. The maximum absolute atomic E-state index is 14.2. The summed E-state index contributed by atoms with van der Waals surface area (Å²) in [6.45, 7) is 1.62. The number of fused-ring (bicyclic) bond motifs is 1. The Kier molecular flexibility index (Phi) is 4.96. The summed E-state index contributed by atoms with van der Waals surface area (Å²) in [4.78, 5) is 23.3. The Morgan fingerprint density at radius 3 is 2.54 bits per heavy atom. The van der Waals surface area contributed by atoms with Crippen molar-refractivity contribution in [2.75, 3.05) is 19.5 Å². The van der Waals surface area contributed by atoms with Crippen LogP contribution in [0, 0.1) is 12.9 Å². The molecular weight excluding hydrogens is 397 g/mol. The van der Waals surface area contributed by atoms with E-state index in [1.54, 1.807) is 11.6 Å². The summed E-state index contributed by atoms with van der Waals surface area (Å²) in [6, 6.07) is 2.97. The van der Waals surface area contributed by atoms with Gasteiger partial charge in [0.15, 0.2) is 5.65 Å². The number of halogens is 1. The van der Waals surface area contributed by atoms with Crippen molar-refractivity contribution in [1.29, 1.82) is 0 Å². The molecule has 0 aromatic carbocycles. The third-order valence-electron chi connectivity index (χ3n) is 3.33. The number of amides is 2. The number of carbonyl (C=O) groups is 1. The van der Waals surface area contributed by atoms with Crippen LogP contribution >= 0.6 is 0 Å². The Hall–Kier alpha value is -3.55. The third-order valence-corrected chi connectivity index (χ3v) is 4.63. The number of urea groups is 1. The molecule has 0 saturated carbocycles. The van der Waals surface area contributed by atoms with Gasteiger partial charge in [0.1, 0.15) is 0 Å². The summed E-state index contributed by atoms with van der Waals surface area (Å²) in [7, 11) is -2.02. The van der Waals surface area contributed by atoms with Gasteiger partial charge in [-0.3, -0.25) is 5.32 Å². The fourth-order valence-electron chi connectivity index (χ4n) is 2.20. The molecule has 0 atom stereocenters. The lowest BCUT2D eigenvalue weighted by Crippen LogP contribution is -2.36. The monoisotopic (exact) mass is 411 g/mol. The summed E-state index contributed by atoms with van der Waals surface area (Å²) in [5, 5.41) is 4.98. The zero-order chi connectivity index (χ0) is 20.5. The second kappa shape index (κ2) is 7.22. The first-order chi connectivity index (χ1) is 13.2. The number of methoxy groups -OCH3 is 2. The van der Waals surface area contributed by atoms with Crippen LogP contribution < -0.4 is 19.5 Å². The number of nitrogens with zero attached hydrogens (tertiary/aromatic N) is 5. The van der Waals surface area contributed by atoms with Crippen molar-refractivity contribution in [1.82, 2.24) is 29.3 Å². The smallest absolute Gasteiger partial charge is 0.335 e. The molecule has 12 nitrogen and oxygen atoms in total. The van der Waals surface area contributed by atoms with Gasteiger partial charge >= 0.3 is 6.03 Å². The fraction of sp³-hybridized carbons (Fsp3) is 0.214. The molecule has 3 aromatic rings. The van der Waals surface area contributed by atoms with Crippen LogP contribution in [0.4, 0.5) is 15.1 Å². The van der Waals surface area contributed by atoms with Gasteiger partial charge in [-0.2, -0.15) is 27.3 Å². The van der Waals surface area contributed by atoms with E-state index >= 15 is 0 Å². The minimum atomic E-state index is -4.69. The first kappa shape index (κ1) is 19.2. The quantitative estimate of drug-likeness (QED) is 0.611. The lowest BCUT2D eigenvalue weighted by Gasteiger charge is -2.09. The molecule has 0 saturated heterocycles. The van der Waals surface area contributed by atoms with Crippen molar-refractivity contribution < 1.29 is 27.1 Å². The van der Waals surface area contributed by atoms with E-state index in [1.807, 2.05) is 0 Å². The molecule has 3 rings (SSSR count). The van der Waals surface area contributed by atoms with Gasteiger partial charge < -0.3 is 9.47 Å². The number of imidazole rings is 1. The lowest BCUT2D eigenvalue weighted by atomic mass is 10.4. The number of hydrogen-bond acceptors (Lipinski definition) is 9. The van der Waals surface area contributed by atoms with Gasteiger partial charge in [-0.15, -0.1) is 5.10 Å². The summed E-state index contributed by atoms with van der Waals surface area (Å²) < 4.78 is 51.3. The Balaban J connectivity index is 1.90. The molecule has 0 aliphatic rings. The van der Waals surface area contributed by atoms with Crippen LogP contribution in [0.3, 0.4) is 0 Å². The standard InChI is InChI=1S/C14H14FN7O5S/c1-7-6-10(27-3)18-13(16-7)19-14(23)21-28(24,25)12-11(15)17-8-4-5-9(26-2)20-22(8)12/h4-6H,1-3H3,(H2,16,18,19,21,23). The second-order valence-electron chi connectivity index (χ2n) is 5.29. The third kappa shape index (κ3) is 3.75. The van der Waals surface area contributed by atoms with Crippen molar-refractivity contribution in [2.45, 2.75) is 11.9 Å². The lowest BCUT2D eigenvalue weighted by molar-refractivity contribution is 0.256. The second-order valence-corrected chi connectivity index (χ2v) is 6.89. The van der Waals surface area contributed by atoms with E-state index in [4.69, 9.17) is 9.47 Å². The van der Waals surface area contributed by atoms with Gasteiger partial charge in [0, 0.05) is 17.8 Å². The van der Waals surface area contributed by atoms with Gasteiger partial charge in [-0.1, -0.05) is 0 Å². The molecule has 28 heavy (non-hydrogen) atoms. The van der Waals surface area contributed by atoms with Crippen molar-refractivity contribution in [3.8, 4) is 11.8 Å². The molecule has 0 aliphatic carbocycles. The first-order valence-electron chi connectivity index (χ1n) is 7.56. The van der Waals surface area contributed by atoms with Gasteiger partial charge in [-0.05, 0) is 13.0 Å². The number of nitrogens with one attached hydrogen (secondary N) is 2. The average Bonchev–Trinajstić information content (AvgIpc) is 2.95. The number of ether oxygens (including phenoxy) is 2. The van der Waals surface area contributed by atoms with Crippen molar-refractivity contribution in [3.63, 3.8) is 0 Å². The van der Waals surface area contributed by atoms with Gasteiger partial charge in [0.25, 0.3) is 16.0 Å². The van der Waals surface area contributed by atoms with Crippen molar-refractivity contribution in [2.24, 2.45) is 0 Å². The molecule has 0 fully saturated rings. The van der Waals surface area contributed by atoms with Crippen LogP contribution in [0.1, 0.15) is 5.69 Å². The molecule has 2 amide bonds. The van der Waals surface area contributed by atoms with E-state index in [2.05, 4.69) is 25.4 Å². The molecule has 0 radical (unpaired) electrons. The van der Waals surface area contributed by atoms with Crippen molar-refractivity contribution >= 4 is 27.6 Å². The average molecular weight is 411 g/mol. The van der Waals surface area contributed by atoms with Crippen LogP contribution in [-0.2, 0) is 10.0 Å². The minimum absolute atomic E-state index is 0.0195.